The van der Waals surface area contributed by atoms with E-state index in [1.165, 1.54) is 12.1 Å². The Bertz CT molecular complexity index is 812. The maximum Gasteiger partial charge on any atom is 0.230 e. The van der Waals surface area contributed by atoms with Crippen molar-refractivity contribution in [3.63, 3.8) is 0 Å². The Morgan fingerprint density at radius 2 is 2.04 bits per heavy atom. The highest BCUT2D eigenvalue weighted by atomic mass is 19.1. The number of hydrogen-bond acceptors (Lipinski definition) is 3. The number of nitrogens with zero attached hydrogens (tertiary/aromatic N) is 2. The Balaban J connectivity index is 1.81. The van der Waals surface area contributed by atoms with Crippen molar-refractivity contribution in [1.29, 1.82) is 0 Å². The lowest BCUT2D eigenvalue weighted by molar-refractivity contribution is -0.115. The monoisotopic (exact) mass is 310 g/mol. The van der Waals surface area contributed by atoms with E-state index in [1.54, 1.807) is 30.6 Å². The average Bonchev–Trinajstić information content (AvgIpc) is 2.90. The molecule has 0 bridgehead atoms. The summed E-state index contributed by atoms with van der Waals surface area (Å²) in [6.07, 6.45) is 3.52. The van der Waals surface area contributed by atoms with Gasteiger partial charge in [0.15, 0.2) is 5.82 Å². The zero-order valence-electron chi connectivity index (χ0n) is 12.5. The van der Waals surface area contributed by atoms with E-state index in [-0.39, 0.29) is 18.1 Å². The lowest BCUT2D eigenvalue weighted by Crippen LogP contribution is -2.15. The fraction of sp³-hybridized carbons (Fsp3) is 0.118. The second-order valence-electron chi connectivity index (χ2n) is 5.17. The summed E-state index contributed by atoms with van der Waals surface area (Å²) in [4.78, 5) is 16.2. The molecule has 6 heteroatoms. The van der Waals surface area contributed by atoms with Crippen molar-refractivity contribution >= 4 is 11.7 Å². The minimum absolute atomic E-state index is 0.187. The summed E-state index contributed by atoms with van der Waals surface area (Å²) in [5, 5.41) is 9.77. The molecule has 2 aromatic heterocycles. The Hall–Kier alpha value is -3.02. The fourth-order valence-corrected chi connectivity index (χ4v) is 2.35. The van der Waals surface area contributed by atoms with E-state index >= 15 is 0 Å². The number of pyridine rings is 1. The quantitative estimate of drug-likeness (QED) is 0.778. The van der Waals surface area contributed by atoms with Crippen LogP contribution in [0.4, 0.5) is 10.2 Å². The fourth-order valence-electron chi connectivity index (χ4n) is 2.35. The molecule has 1 amide bonds. The number of amides is 1. The second kappa shape index (κ2) is 6.39. The number of halogens is 1. The minimum atomic E-state index is -0.308. The molecule has 0 saturated carbocycles. The van der Waals surface area contributed by atoms with E-state index in [1.807, 2.05) is 13.0 Å². The van der Waals surface area contributed by atoms with Crippen molar-refractivity contribution in [3.05, 3.63) is 65.9 Å². The molecule has 1 aromatic carbocycles. The summed E-state index contributed by atoms with van der Waals surface area (Å²) in [7, 11) is 0. The molecular formula is C17H15FN4O. The summed E-state index contributed by atoms with van der Waals surface area (Å²) in [5.74, 6) is -0.0621. The predicted octanol–water partition coefficient (Wildman–Crippen LogP) is 3.10. The molecule has 0 spiro atoms. The van der Waals surface area contributed by atoms with Gasteiger partial charge >= 0.3 is 0 Å². The molecular weight excluding hydrogens is 295 g/mol. The highest BCUT2D eigenvalue weighted by Gasteiger charge is 2.15. The van der Waals surface area contributed by atoms with E-state index < -0.39 is 0 Å². The van der Waals surface area contributed by atoms with Gasteiger partial charge in [0.1, 0.15) is 5.82 Å². The molecule has 5 nitrogen and oxygen atoms in total. The summed E-state index contributed by atoms with van der Waals surface area (Å²) in [6.45, 7) is 1.85. The smallest absolute Gasteiger partial charge is 0.230 e. The van der Waals surface area contributed by atoms with Gasteiger partial charge in [-0.05, 0) is 36.2 Å². The van der Waals surface area contributed by atoms with Crippen LogP contribution in [0.3, 0.4) is 0 Å². The maximum absolute atomic E-state index is 13.1. The third-order valence-electron chi connectivity index (χ3n) is 3.43. The van der Waals surface area contributed by atoms with Gasteiger partial charge in [0.25, 0.3) is 0 Å². The van der Waals surface area contributed by atoms with E-state index in [4.69, 9.17) is 0 Å². The van der Waals surface area contributed by atoms with Gasteiger partial charge in [0.2, 0.25) is 5.91 Å². The third-order valence-corrected chi connectivity index (χ3v) is 3.43. The molecule has 0 aliphatic carbocycles. The van der Waals surface area contributed by atoms with Gasteiger partial charge in [-0.25, -0.2) is 4.39 Å². The van der Waals surface area contributed by atoms with Crippen LogP contribution >= 0.6 is 0 Å². The number of aromatic amines is 1. The standard InChI is InChI=1S/C17H15FN4O/c1-11-16(13-4-6-14(18)7-5-13)17(22-21-11)20-15(23)9-12-3-2-8-19-10-12/h2-8,10H,9H2,1H3,(H2,20,21,22,23). The van der Waals surface area contributed by atoms with Crippen molar-refractivity contribution in [2.45, 2.75) is 13.3 Å². The zero-order valence-corrected chi connectivity index (χ0v) is 12.5. The zero-order chi connectivity index (χ0) is 16.2. The van der Waals surface area contributed by atoms with Crippen molar-refractivity contribution in [2.24, 2.45) is 0 Å². The van der Waals surface area contributed by atoms with Crippen LogP contribution < -0.4 is 5.32 Å². The molecule has 116 valence electrons. The largest absolute Gasteiger partial charge is 0.308 e. The normalized spacial score (nSPS) is 10.5. The first-order chi connectivity index (χ1) is 11.1. The SMILES string of the molecule is Cc1[nH]nc(NC(=O)Cc2cccnc2)c1-c1ccc(F)cc1. The summed E-state index contributed by atoms with van der Waals surface area (Å²) >= 11 is 0. The number of carbonyl (C=O) groups is 1. The van der Waals surface area contributed by atoms with E-state index in [0.717, 1.165) is 22.4 Å². The number of carbonyl (C=O) groups excluding carboxylic acids is 1. The molecule has 2 heterocycles. The lowest BCUT2D eigenvalue weighted by Gasteiger charge is -2.06. The van der Waals surface area contributed by atoms with Crippen LogP contribution in [0, 0.1) is 12.7 Å². The van der Waals surface area contributed by atoms with Gasteiger partial charge in [-0.1, -0.05) is 18.2 Å². The predicted molar refractivity (Wildman–Crippen MR) is 85.3 cm³/mol. The van der Waals surface area contributed by atoms with Gasteiger partial charge in [0, 0.05) is 23.7 Å². The van der Waals surface area contributed by atoms with Crippen molar-refractivity contribution in [2.75, 3.05) is 5.32 Å². The first-order valence-electron chi connectivity index (χ1n) is 7.13. The van der Waals surface area contributed by atoms with Crippen molar-refractivity contribution in [3.8, 4) is 11.1 Å². The number of rotatable bonds is 4. The number of H-pyrrole nitrogens is 1. The molecule has 0 saturated heterocycles. The Morgan fingerprint density at radius 1 is 1.26 bits per heavy atom. The van der Waals surface area contributed by atoms with Crippen LogP contribution in [0.5, 0.6) is 0 Å². The van der Waals surface area contributed by atoms with Crippen molar-refractivity contribution in [1.82, 2.24) is 15.2 Å². The highest BCUT2D eigenvalue weighted by Crippen LogP contribution is 2.29. The molecule has 3 aromatic rings. The molecule has 3 rings (SSSR count). The number of nitrogens with one attached hydrogen (secondary N) is 2. The van der Waals surface area contributed by atoms with Crippen LogP contribution in [-0.2, 0) is 11.2 Å². The molecule has 23 heavy (non-hydrogen) atoms. The third kappa shape index (κ3) is 3.42. The van der Waals surface area contributed by atoms with Gasteiger partial charge in [-0.2, -0.15) is 5.10 Å². The number of benzene rings is 1. The first kappa shape index (κ1) is 14.9. The van der Waals surface area contributed by atoms with Gasteiger partial charge in [0.05, 0.1) is 6.42 Å². The van der Waals surface area contributed by atoms with Gasteiger partial charge in [-0.15, -0.1) is 0 Å². The van der Waals surface area contributed by atoms with Gasteiger partial charge < -0.3 is 5.32 Å². The first-order valence-corrected chi connectivity index (χ1v) is 7.13. The molecule has 0 radical (unpaired) electrons. The Kier molecular flexibility index (Phi) is 4.14. The van der Waals surface area contributed by atoms with E-state index in [0.29, 0.717) is 5.82 Å². The molecule has 0 atom stereocenters. The number of hydrogen-bond donors (Lipinski definition) is 2. The highest BCUT2D eigenvalue weighted by molar-refractivity contribution is 5.95. The maximum atomic E-state index is 13.1. The molecule has 0 aliphatic heterocycles. The van der Waals surface area contributed by atoms with Crippen LogP contribution in [0.2, 0.25) is 0 Å². The molecule has 0 unspecified atom stereocenters. The minimum Gasteiger partial charge on any atom is -0.308 e. The second-order valence-corrected chi connectivity index (χ2v) is 5.17. The number of anilines is 1. The lowest BCUT2D eigenvalue weighted by atomic mass is 10.1. The van der Waals surface area contributed by atoms with Gasteiger partial charge in [-0.3, -0.25) is 14.9 Å². The molecule has 0 fully saturated rings. The molecule has 0 aliphatic rings. The molecule has 2 N–H and O–H groups in total. The number of aromatic nitrogens is 3. The van der Waals surface area contributed by atoms with Crippen LogP contribution in [0.15, 0.2) is 48.8 Å². The summed E-state index contributed by atoms with van der Waals surface area (Å²) in [6, 6.07) is 9.69. The number of aryl methyl sites for hydroxylation is 1. The van der Waals surface area contributed by atoms with Crippen LogP contribution in [0.25, 0.3) is 11.1 Å². The summed E-state index contributed by atoms with van der Waals surface area (Å²) in [5.41, 5.74) is 3.16. The van der Waals surface area contributed by atoms with Crippen LogP contribution in [0.1, 0.15) is 11.3 Å². The Morgan fingerprint density at radius 3 is 2.74 bits per heavy atom. The topological polar surface area (TPSA) is 70.7 Å². The Labute approximate surface area is 132 Å². The summed E-state index contributed by atoms with van der Waals surface area (Å²) < 4.78 is 13.1. The average molecular weight is 310 g/mol. The van der Waals surface area contributed by atoms with E-state index in [9.17, 15) is 9.18 Å². The van der Waals surface area contributed by atoms with Crippen LogP contribution in [-0.4, -0.2) is 21.1 Å². The van der Waals surface area contributed by atoms with Crippen molar-refractivity contribution < 1.29 is 9.18 Å². The van der Waals surface area contributed by atoms with E-state index in [2.05, 4.69) is 20.5 Å².